The van der Waals surface area contributed by atoms with Crippen LogP contribution in [0.15, 0.2) is 66.7 Å². The summed E-state index contributed by atoms with van der Waals surface area (Å²) in [5.41, 5.74) is 4.87. The number of phenols is 1. The van der Waals surface area contributed by atoms with E-state index >= 15 is 0 Å². The number of phenolic OH excluding ortho intramolecular Hbond substituents is 1. The van der Waals surface area contributed by atoms with Gasteiger partial charge in [-0.25, -0.2) is 4.98 Å². The first-order valence-corrected chi connectivity index (χ1v) is 9.21. The molecule has 5 nitrogen and oxygen atoms in total. The number of aromatic nitrogens is 2. The highest BCUT2D eigenvalue weighted by atomic mass is 16.3. The zero-order valence-corrected chi connectivity index (χ0v) is 15.9. The number of aromatic hydroxyl groups is 1. The van der Waals surface area contributed by atoms with Crippen LogP contribution < -0.4 is 10.6 Å². The number of fused-ring (bicyclic) bond motifs is 1. The van der Waals surface area contributed by atoms with Crippen molar-refractivity contribution in [3.8, 4) is 5.75 Å². The number of aryl methyl sites for hydroxylation is 2. The van der Waals surface area contributed by atoms with Crippen LogP contribution in [0.3, 0.4) is 0 Å². The molecule has 1 aromatic heterocycles. The molecule has 0 aliphatic rings. The quantitative estimate of drug-likeness (QED) is 0.415. The van der Waals surface area contributed by atoms with Crippen molar-refractivity contribution in [3.63, 3.8) is 0 Å². The van der Waals surface area contributed by atoms with Gasteiger partial charge in [0.1, 0.15) is 11.6 Å². The van der Waals surface area contributed by atoms with Crippen LogP contribution in [0.1, 0.15) is 16.7 Å². The highest BCUT2D eigenvalue weighted by Crippen LogP contribution is 2.28. The predicted octanol–water partition coefficient (Wildman–Crippen LogP) is 5.31. The Labute approximate surface area is 164 Å². The van der Waals surface area contributed by atoms with E-state index in [1.54, 1.807) is 6.07 Å². The first-order valence-electron chi connectivity index (χ1n) is 9.21. The number of nitrogens with zero attached hydrogens (tertiary/aromatic N) is 2. The van der Waals surface area contributed by atoms with E-state index in [0.29, 0.717) is 18.2 Å². The van der Waals surface area contributed by atoms with Crippen LogP contribution in [0.5, 0.6) is 5.75 Å². The Bertz CT molecular complexity index is 1120. The van der Waals surface area contributed by atoms with Crippen molar-refractivity contribution in [2.45, 2.75) is 20.4 Å². The normalized spacial score (nSPS) is 10.8. The second-order valence-corrected chi connectivity index (χ2v) is 6.90. The van der Waals surface area contributed by atoms with E-state index in [9.17, 15) is 5.11 Å². The molecule has 4 aromatic rings. The molecule has 1 heterocycles. The van der Waals surface area contributed by atoms with Crippen LogP contribution in [0, 0.1) is 13.8 Å². The Hall–Kier alpha value is -3.60. The average molecular weight is 370 g/mol. The van der Waals surface area contributed by atoms with Gasteiger partial charge in [0.05, 0.1) is 11.2 Å². The maximum atomic E-state index is 10.1. The Kier molecular flexibility index (Phi) is 4.81. The third-order valence-electron chi connectivity index (χ3n) is 4.58. The largest absolute Gasteiger partial charge is 0.506 e. The van der Waals surface area contributed by atoms with Crippen LogP contribution in [0.4, 0.5) is 17.5 Å². The summed E-state index contributed by atoms with van der Waals surface area (Å²) in [5, 5.41) is 17.6. The number of benzene rings is 3. The van der Waals surface area contributed by atoms with Gasteiger partial charge in [0.25, 0.3) is 0 Å². The topological polar surface area (TPSA) is 70.1 Å². The lowest BCUT2D eigenvalue weighted by Crippen LogP contribution is -2.06. The summed E-state index contributed by atoms with van der Waals surface area (Å²) in [6.45, 7) is 4.71. The molecule has 0 unspecified atom stereocenters. The molecule has 0 bridgehead atoms. The molecule has 0 aliphatic heterocycles. The zero-order valence-electron chi connectivity index (χ0n) is 15.9. The number of hydrogen-bond acceptors (Lipinski definition) is 5. The van der Waals surface area contributed by atoms with Crippen LogP contribution >= 0.6 is 0 Å². The molecular formula is C23H22N4O. The number of nitrogens with one attached hydrogen (secondary N) is 2. The molecule has 140 valence electrons. The summed E-state index contributed by atoms with van der Waals surface area (Å²) < 4.78 is 0. The van der Waals surface area contributed by atoms with Crippen molar-refractivity contribution >= 4 is 28.4 Å². The first kappa shape index (κ1) is 17.8. The zero-order chi connectivity index (χ0) is 19.5. The molecule has 0 fully saturated rings. The SMILES string of the molecule is Cc1ccc(CNc2nc(Nc3cc(C)ccc3O)nc3ccccc23)cc1. The number of hydrogen-bond donors (Lipinski definition) is 3. The van der Waals surface area contributed by atoms with E-state index in [0.717, 1.165) is 22.3 Å². The van der Waals surface area contributed by atoms with Crippen molar-refractivity contribution in [2.24, 2.45) is 0 Å². The van der Waals surface area contributed by atoms with Gasteiger partial charge in [-0.3, -0.25) is 0 Å². The maximum absolute atomic E-state index is 10.1. The van der Waals surface area contributed by atoms with E-state index < -0.39 is 0 Å². The lowest BCUT2D eigenvalue weighted by molar-refractivity contribution is 0.477. The van der Waals surface area contributed by atoms with E-state index in [1.165, 1.54) is 11.1 Å². The summed E-state index contributed by atoms with van der Waals surface area (Å²) in [5.74, 6) is 1.35. The lowest BCUT2D eigenvalue weighted by atomic mass is 10.1. The Morgan fingerprint density at radius 1 is 0.857 bits per heavy atom. The van der Waals surface area contributed by atoms with Crippen molar-refractivity contribution < 1.29 is 5.11 Å². The van der Waals surface area contributed by atoms with Gasteiger partial charge in [-0.1, -0.05) is 48.0 Å². The molecule has 0 atom stereocenters. The van der Waals surface area contributed by atoms with Gasteiger partial charge in [-0.05, 0) is 49.2 Å². The van der Waals surface area contributed by atoms with Gasteiger partial charge in [0, 0.05) is 11.9 Å². The molecule has 4 rings (SSSR count). The van der Waals surface area contributed by atoms with Gasteiger partial charge in [-0.15, -0.1) is 0 Å². The standard InChI is InChI=1S/C23H22N4O/c1-15-7-10-17(11-8-15)14-24-22-18-5-3-4-6-19(18)25-23(27-22)26-20-13-16(2)9-12-21(20)28/h3-13,28H,14H2,1-2H3,(H2,24,25,26,27). The molecule has 0 radical (unpaired) electrons. The monoisotopic (exact) mass is 370 g/mol. The lowest BCUT2D eigenvalue weighted by Gasteiger charge is -2.13. The summed E-state index contributed by atoms with van der Waals surface area (Å²) >= 11 is 0. The minimum atomic E-state index is 0.163. The van der Waals surface area contributed by atoms with Gasteiger partial charge in [-0.2, -0.15) is 4.98 Å². The molecule has 3 N–H and O–H groups in total. The summed E-state index contributed by atoms with van der Waals surface area (Å²) in [6.07, 6.45) is 0. The van der Waals surface area contributed by atoms with E-state index in [1.807, 2.05) is 43.3 Å². The van der Waals surface area contributed by atoms with Crippen molar-refractivity contribution in [2.75, 3.05) is 10.6 Å². The Morgan fingerprint density at radius 2 is 1.61 bits per heavy atom. The van der Waals surface area contributed by atoms with Crippen molar-refractivity contribution in [3.05, 3.63) is 83.4 Å². The maximum Gasteiger partial charge on any atom is 0.229 e. The van der Waals surface area contributed by atoms with Crippen LogP contribution in [0.2, 0.25) is 0 Å². The molecule has 0 aliphatic carbocycles. The molecule has 28 heavy (non-hydrogen) atoms. The van der Waals surface area contributed by atoms with Crippen molar-refractivity contribution in [1.82, 2.24) is 9.97 Å². The number of rotatable bonds is 5. The van der Waals surface area contributed by atoms with Crippen molar-refractivity contribution in [1.29, 1.82) is 0 Å². The molecule has 0 spiro atoms. The third kappa shape index (κ3) is 3.88. The molecular weight excluding hydrogens is 348 g/mol. The minimum absolute atomic E-state index is 0.163. The fraction of sp³-hybridized carbons (Fsp3) is 0.130. The van der Waals surface area contributed by atoms with E-state index in [-0.39, 0.29) is 5.75 Å². The molecule has 0 saturated carbocycles. The summed E-state index contributed by atoms with van der Waals surface area (Å²) in [6, 6.07) is 21.7. The second kappa shape index (κ2) is 7.56. The highest BCUT2D eigenvalue weighted by Gasteiger charge is 2.10. The summed E-state index contributed by atoms with van der Waals surface area (Å²) in [4.78, 5) is 9.25. The average Bonchev–Trinajstić information content (AvgIpc) is 2.70. The fourth-order valence-electron chi connectivity index (χ4n) is 3.03. The van der Waals surface area contributed by atoms with E-state index in [4.69, 9.17) is 0 Å². The van der Waals surface area contributed by atoms with Gasteiger partial charge < -0.3 is 15.7 Å². The molecule has 0 amide bonds. The molecule has 0 saturated heterocycles. The van der Waals surface area contributed by atoms with Crippen LogP contribution in [-0.2, 0) is 6.54 Å². The fourth-order valence-corrected chi connectivity index (χ4v) is 3.03. The minimum Gasteiger partial charge on any atom is -0.506 e. The third-order valence-corrected chi connectivity index (χ3v) is 4.58. The smallest absolute Gasteiger partial charge is 0.229 e. The molecule has 3 aromatic carbocycles. The highest BCUT2D eigenvalue weighted by molar-refractivity contribution is 5.90. The van der Waals surface area contributed by atoms with E-state index in [2.05, 4.69) is 51.8 Å². The first-order chi connectivity index (χ1) is 13.6. The van der Waals surface area contributed by atoms with Gasteiger partial charge >= 0.3 is 0 Å². The summed E-state index contributed by atoms with van der Waals surface area (Å²) in [7, 11) is 0. The Balaban J connectivity index is 1.66. The number of para-hydroxylation sites is 1. The predicted molar refractivity (Wildman–Crippen MR) is 114 cm³/mol. The van der Waals surface area contributed by atoms with Gasteiger partial charge in [0.15, 0.2) is 0 Å². The van der Waals surface area contributed by atoms with Crippen LogP contribution in [0.25, 0.3) is 10.9 Å². The van der Waals surface area contributed by atoms with Crippen LogP contribution in [-0.4, -0.2) is 15.1 Å². The van der Waals surface area contributed by atoms with Gasteiger partial charge in [0.2, 0.25) is 5.95 Å². The number of anilines is 3. The molecule has 5 heteroatoms. The second-order valence-electron chi connectivity index (χ2n) is 6.90. The Morgan fingerprint density at radius 3 is 2.43 bits per heavy atom.